The van der Waals surface area contributed by atoms with Crippen LogP contribution in [0.3, 0.4) is 0 Å². The molecular formula is C26H35N7O5. The van der Waals surface area contributed by atoms with Crippen LogP contribution in [0.4, 0.5) is 11.4 Å². The van der Waals surface area contributed by atoms with Crippen LogP contribution >= 0.6 is 0 Å². The zero-order valence-corrected chi connectivity index (χ0v) is 21.8. The molecule has 0 unspecified atom stereocenters. The van der Waals surface area contributed by atoms with Crippen LogP contribution in [0.25, 0.3) is 0 Å². The van der Waals surface area contributed by atoms with Crippen molar-refractivity contribution in [1.82, 2.24) is 24.7 Å². The molecule has 4 rings (SSSR count). The number of aryl methyl sites for hydroxylation is 1. The monoisotopic (exact) mass is 525 g/mol. The number of carbonyl (C=O) groups excluding carboxylic acids is 2. The number of aromatic nitrogens is 2. The van der Waals surface area contributed by atoms with Gasteiger partial charge >= 0.3 is 0 Å². The van der Waals surface area contributed by atoms with Crippen LogP contribution in [-0.2, 0) is 9.53 Å². The first-order valence-corrected chi connectivity index (χ1v) is 13.1. The van der Waals surface area contributed by atoms with Crippen molar-refractivity contribution in [2.75, 3.05) is 77.0 Å². The first kappa shape index (κ1) is 27.4. The summed E-state index contributed by atoms with van der Waals surface area (Å²) in [7, 11) is 0. The molecule has 0 bridgehead atoms. The van der Waals surface area contributed by atoms with E-state index in [-0.39, 0.29) is 29.6 Å². The number of hydrogen-bond donors (Lipinski definition) is 0. The Balaban J connectivity index is 1.29. The molecule has 0 saturated carbocycles. The third-order valence-corrected chi connectivity index (χ3v) is 6.95. The van der Waals surface area contributed by atoms with Crippen LogP contribution in [0.5, 0.6) is 0 Å². The molecule has 1 aromatic heterocycles. The van der Waals surface area contributed by atoms with Gasteiger partial charge in [-0.1, -0.05) is 0 Å². The molecular weight excluding hydrogens is 490 g/mol. The van der Waals surface area contributed by atoms with Crippen molar-refractivity contribution in [3.8, 4) is 0 Å². The summed E-state index contributed by atoms with van der Waals surface area (Å²) in [4.78, 5) is 53.2. The molecule has 12 heteroatoms. The Morgan fingerprint density at radius 1 is 1.00 bits per heavy atom. The lowest BCUT2D eigenvalue weighted by Crippen LogP contribution is -2.49. The smallest absolute Gasteiger partial charge is 0.274 e. The minimum Gasteiger partial charge on any atom is -0.379 e. The van der Waals surface area contributed by atoms with Gasteiger partial charge in [-0.15, -0.1) is 0 Å². The minimum atomic E-state index is -0.414. The Morgan fingerprint density at radius 2 is 1.71 bits per heavy atom. The summed E-state index contributed by atoms with van der Waals surface area (Å²) >= 11 is 0. The predicted octanol–water partition coefficient (Wildman–Crippen LogP) is 1.60. The Kier molecular flexibility index (Phi) is 9.55. The maximum absolute atomic E-state index is 13.2. The maximum Gasteiger partial charge on any atom is 0.274 e. The number of ether oxygens (including phenoxy) is 1. The number of morpholine rings is 1. The van der Waals surface area contributed by atoms with E-state index >= 15 is 0 Å². The number of amides is 2. The van der Waals surface area contributed by atoms with Gasteiger partial charge in [0.05, 0.1) is 30.0 Å². The van der Waals surface area contributed by atoms with E-state index in [4.69, 9.17) is 4.74 Å². The van der Waals surface area contributed by atoms with Gasteiger partial charge in [-0.05, 0) is 25.5 Å². The van der Waals surface area contributed by atoms with Gasteiger partial charge in [0.25, 0.3) is 11.6 Å². The Bertz CT molecular complexity index is 1080. The van der Waals surface area contributed by atoms with Crippen LogP contribution in [0.2, 0.25) is 0 Å². The lowest BCUT2D eigenvalue weighted by Gasteiger charge is -2.36. The quantitative estimate of drug-likeness (QED) is 0.336. The number of benzene rings is 1. The highest BCUT2D eigenvalue weighted by Gasteiger charge is 2.24. The van der Waals surface area contributed by atoms with Gasteiger partial charge in [-0.3, -0.25) is 29.6 Å². The van der Waals surface area contributed by atoms with Gasteiger partial charge in [0.1, 0.15) is 5.69 Å². The van der Waals surface area contributed by atoms with Crippen LogP contribution < -0.4 is 4.90 Å². The molecule has 2 aliphatic heterocycles. The number of hydrogen-bond acceptors (Lipinski definition) is 9. The zero-order valence-electron chi connectivity index (χ0n) is 21.8. The standard InChI is InChI=1S/C26H35N7O5/c1-21-19-28-24(20-27-21)26(35)32(9-2-8-29-15-17-38-18-16-29)10-7-25(34)31-13-11-30(12-14-31)22-3-5-23(6-4-22)33(36)37/h3-6,19-20H,2,7-18H2,1H3. The van der Waals surface area contributed by atoms with Crippen molar-refractivity contribution in [3.63, 3.8) is 0 Å². The summed E-state index contributed by atoms with van der Waals surface area (Å²) in [6.07, 6.45) is 4.11. The lowest BCUT2D eigenvalue weighted by molar-refractivity contribution is -0.384. The van der Waals surface area contributed by atoms with Crippen LogP contribution in [-0.4, -0.2) is 114 Å². The van der Waals surface area contributed by atoms with Crippen molar-refractivity contribution >= 4 is 23.2 Å². The molecule has 204 valence electrons. The molecule has 38 heavy (non-hydrogen) atoms. The number of nitrogens with zero attached hydrogens (tertiary/aromatic N) is 7. The second-order valence-corrected chi connectivity index (χ2v) is 9.53. The summed E-state index contributed by atoms with van der Waals surface area (Å²) in [5.74, 6) is -0.204. The van der Waals surface area contributed by atoms with Crippen LogP contribution in [0.1, 0.15) is 29.0 Å². The molecule has 0 spiro atoms. The van der Waals surface area contributed by atoms with Crippen molar-refractivity contribution in [1.29, 1.82) is 0 Å². The van der Waals surface area contributed by atoms with Crippen molar-refractivity contribution < 1.29 is 19.2 Å². The lowest BCUT2D eigenvalue weighted by atomic mass is 10.2. The van der Waals surface area contributed by atoms with Gasteiger partial charge < -0.3 is 19.4 Å². The number of non-ortho nitro benzene ring substituents is 1. The van der Waals surface area contributed by atoms with Crippen molar-refractivity contribution in [2.24, 2.45) is 0 Å². The molecule has 2 fully saturated rings. The molecule has 0 aliphatic carbocycles. The summed E-state index contributed by atoms with van der Waals surface area (Å²) in [5.41, 5.74) is 1.98. The van der Waals surface area contributed by atoms with Crippen molar-refractivity contribution in [2.45, 2.75) is 19.8 Å². The van der Waals surface area contributed by atoms with Crippen LogP contribution in [0, 0.1) is 17.0 Å². The highest BCUT2D eigenvalue weighted by molar-refractivity contribution is 5.92. The fourth-order valence-corrected chi connectivity index (χ4v) is 4.68. The Hall–Kier alpha value is -3.64. The van der Waals surface area contributed by atoms with Gasteiger partial charge in [0, 0.05) is 89.3 Å². The molecule has 0 radical (unpaired) electrons. The molecule has 0 N–H and O–H groups in total. The second kappa shape index (κ2) is 13.2. The van der Waals surface area contributed by atoms with E-state index in [0.717, 1.165) is 50.7 Å². The van der Waals surface area contributed by atoms with E-state index in [1.54, 1.807) is 23.2 Å². The molecule has 1 aromatic carbocycles. The number of nitro benzene ring substituents is 1. The zero-order chi connectivity index (χ0) is 26.9. The summed E-state index contributed by atoms with van der Waals surface area (Å²) in [6.45, 7) is 9.19. The molecule has 3 heterocycles. The topological polar surface area (TPSA) is 125 Å². The fourth-order valence-electron chi connectivity index (χ4n) is 4.68. The maximum atomic E-state index is 13.2. The Labute approximate surface area is 222 Å². The van der Waals surface area contributed by atoms with Crippen LogP contribution in [0.15, 0.2) is 36.7 Å². The first-order valence-electron chi connectivity index (χ1n) is 13.1. The normalized spacial score (nSPS) is 16.3. The molecule has 2 amide bonds. The highest BCUT2D eigenvalue weighted by atomic mass is 16.6. The fraction of sp³-hybridized carbons (Fsp3) is 0.538. The molecule has 2 aliphatic rings. The average molecular weight is 526 g/mol. The largest absolute Gasteiger partial charge is 0.379 e. The van der Waals surface area contributed by atoms with Gasteiger partial charge in [0.15, 0.2) is 0 Å². The molecule has 12 nitrogen and oxygen atoms in total. The van der Waals surface area contributed by atoms with E-state index < -0.39 is 4.92 Å². The summed E-state index contributed by atoms with van der Waals surface area (Å²) < 4.78 is 5.41. The molecule has 2 saturated heterocycles. The number of carbonyl (C=O) groups is 2. The van der Waals surface area contributed by atoms with Gasteiger partial charge in [-0.2, -0.15) is 0 Å². The minimum absolute atomic E-state index is 0.00863. The summed E-state index contributed by atoms with van der Waals surface area (Å²) in [5, 5.41) is 10.9. The van der Waals surface area contributed by atoms with E-state index in [1.807, 2.05) is 11.8 Å². The third kappa shape index (κ3) is 7.45. The number of anilines is 1. The molecule has 0 atom stereocenters. The number of piperazine rings is 1. The second-order valence-electron chi connectivity index (χ2n) is 9.53. The predicted molar refractivity (Wildman–Crippen MR) is 141 cm³/mol. The highest BCUT2D eigenvalue weighted by Crippen LogP contribution is 2.21. The van der Waals surface area contributed by atoms with Crippen molar-refractivity contribution in [3.05, 3.63) is 58.2 Å². The van der Waals surface area contributed by atoms with E-state index in [1.165, 1.54) is 18.3 Å². The SMILES string of the molecule is Cc1cnc(C(=O)N(CCCN2CCOCC2)CCC(=O)N2CCN(c3ccc([N+](=O)[O-])cc3)CC2)cn1. The first-order chi connectivity index (χ1) is 18.4. The van der Waals surface area contributed by atoms with E-state index in [9.17, 15) is 19.7 Å². The van der Waals surface area contributed by atoms with E-state index in [0.29, 0.717) is 39.3 Å². The van der Waals surface area contributed by atoms with Gasteiger partial charge in [0.2, 0.25) is 5.91 Å². The van der Waals surface area contributed by atoms with Gasteiger partial charge in [-0.25, -0.2) is 4.98 Å². The average Bonchev–Trinajstić information content (AvgIpc) is 2.95. The number of nitro groups is 1. The molecule has 2 aromatic rings. The third-order valence-electron chi connectivity index (χ3n) is 6.95. The summed E-state index contributed by atoms with van der Waals surface area (Å²) in [6, 6.07) is 6.47. The van der Waals surface area contributed by atoms with E-state index in [2.05, 4.69) is 19.8 Å². The number of rotatable bonds is 10. The Morgan fingerprint density at radius 3 is 2.34 bits per heavy atom.